The molecule has 5 nitrogen and oxygen atoms in total. The van der Waals surface area contributed by atoms with Crippen LogP contribution in [0, 0.1) is 6.92 Å². The number of nitrogens with one attached hydrogen (secondary N) is 1. The summed E-state index contributed by atoms with van der Waals surface area (Å²) in [7, 11) is 0. The number of aromatic nitrogens is 1. The molecule has 3 heterocycles. The van der Waals surface area contributed by atoms with Crippen LogP contribution in [0.3, 0.4) is 0 Å². The van der Waals surface area contributed by atoms with E-state index in [4.69, 9.17) is 21.4 Å². The van der Waals surface area contributed by atoms with Gasteiger partial charge < -0.3 is 14.5 Å². The first-order valence-electron chi connectivity index (χ1n) is 8.81. The van der Waals surface area contributed by atoms with Gasteiger partial charge in [0.1, 0.15) is 21.4 Å². The molecular formula is C21H18N2O3S2. The van der Waals surface area contributed by atoms with Crippen molar-refractivity contribution in [3.8, 4) is 16.9 Å². The third-order valence-corrected chi connectivity index (χ3v) is 5.37. The van der Waals surface area contributed by atoms with Gasteiger partial charge in [-0.2, -0.15) is 0 Å². The molecule has 142 valence electrons. The van der Waals surface area contributed by atoms with Gasteiger partial charge in [-0.3, -0.25) is 9.78 Å². The summed E-state index contributed by atoms with van der Waals surface area (Å²) < 4.78 is 12.3. The van der Waals surface area contributed by atoms with Crippen molar-refractivity contribution in [1.82, 2.24) is 10.3 Å². The summed E-state index contributed by atoms with van der Waals surface area (Å²) in [6, 6.07) is 7.90. The minimum Gasteiger partial charge on any atom is -0.491 e. The number of benzene rings is 1. The Labute approximate surface area is 172 Å². The Balaban J connectivity index is 1.74. The first kappa shape index (κ1) is 18.7. The molecule has 1 saturated heterocycles. The molecule has 0 radical (unpaired) electrons. The number of aryl methyl sites for hydroxylation is 1. The SMILES string of the molecule is Cc1cc(-c2cncc3cc(/C=C4\SC(=S)NC4=O)oc23)ccc1OC(C)C. The van der Waals surface area contributed by atoms with E-state index in [1.807, 2.05) is 39.0 Å². The van der Waals surface area contributed by atoms with Crippen LogP contribution in [-0.2, 0) is 4.79 Å². The van der Waals surface area contributed by atoms with Crippen LogP contribution in [0.1, 0.15) is 25.2 Å². The van der Waals surface area contributed by atoms with Crippen molar-refractivity contribution in [1.29, 1.82) is 0 Å². The summed E-state index contributed by atoms with van der Waals surface area (Å²) in [6.07, 6.45) is 5.36. The zero-order valence-electron chi connectivity index (χ0n) is 15.6. The van der Waals surface area contributed by atoms with Gasteiger partial charge in [0.15, 0.2) is 0 Å². The predicted molar refractivity (Wildman–Crippen MR) is 116 cm³/mol. The highest BCUT2D eigenvalue weighted by Gasteiger charge is 2.23. The van der Waals surface area contributed by atoms with E-state index in [-0.39, 0.29) is 12.0 Å². The van der Waals surface area contributed by atoms with Gasteiger partial charge in [0.05, 0.1) is 11.0 Å². The van der Waals surface area contributed by atoms with Crippen molar-refractivity contribution in [2.24, 2.45) is 0 Å². The monoisotopic (exact) mass is 410 g/mol. The normalized spacial score (nSPS) is 15.6. The molecule has 0 spiro atoms. The molecule has 28 heavy (non-hydrogen) atoms. The molecule has 1 N–H and O–H groups in total. The average molecular weight is 411 g/mol. The molecule has 0 saturated carbocycles. The molecule has 4 rings (SSSR count). The maximum absolute atomic E-state index is 11.9. The number of hydrogen-bond acceptors (Lipinski definition) is 6. The number of nitrogens with zero attached hydrogens (tertiary/aromatic N) is 1. The summed E-state index contributed by atoms with van der Waals surface area (Å²) in [6.45, 7) is 6.03. The van der Waals surface area contributed by atoms with Gasteiger partial charge in [0, 0.05) is 29.4 Å². The number of carbonyl (C=O) groups is 1. The summed E-state index contributed by atoms with van der Waals surface area (Å²) in [4.78, 5) is 16.7. The third kappa shape index (κ3) is 3.68. The van der Waals surface area contributed by atoms with Crippen LogP contribution in [0.4, 0.5) is 0 Å². The quantitative estimate of drug-likeness (QED) is 0.478. The lowest BCUT2D eigenvalue weighted by atomic mass is 10.0. The molecular weight excluding hydrogens is 392 g/mol. The lowest BCUT2D eigenvalue weighted by Crippen LogP contribution is -2.17. The number of amides is 1. The molecule has 1 aromatic carbocycles. The number of thiocarbonyl (C=S) groups is 1. The topological polar surface area (TPSA) is 64.4 Å². The van der Waals surface area contributed by atoms with E-state index in [2.05, 4.69) is 16.4 Å². The molecule has 1 aliphatic rings. The van der Waals surface area contributed by atoms with Crippen molar-refractivity contribution in [3.05, 3.63) is 52.9 Å². The van der Waals surface area contributed by atoms with Crippen LogP contribution >= 0.6 is 24.0 Å². The van der Waals surface area contributed by atoms with Gasteiger partial charge in [-0.15, -0.1) is 0 Å². The summed E-state index contributed by atoms with van der Waals surface area (Å²) in [5.74, 6) is 1.25. The summed E-state index contributed by atoms with van der Waals surface area (Å²) in [5.41, 5.74) is 3.66. The first-order chi connectivity index (χ1) is 13.4. The van der Waals surface area contributed by atoms with Crippen LogP contribution < -0.4 is 10.1 Å². The first-order valence-corrected chi connectivity index (χ1v) is 10.0. The molecule has 0 bridgehead atoms. The number of carbonyl (C=O) groups excluding carboxylic acids is 1. The van der Waals surface area contributed by atoms with Gasteiger partial charge >= 0.3 is 0 Å². The molecule has 2 aromatic heterocycles. The Morgan fingerprint density at radius 3 is 2.79 bits per heavy atom. The van der Waals surface area contributed by atoms with Gasteiger partial charge in [0.25, 0.3) is 5.91 Å². The van der Waals surface area contributed by atoms with Crippen molar-refractivity contribution < 1.29 is 13.9 Å². The third-order valence-electron chi connectivity index (χ3n) is 4.21. The fourth-order valence-corrected chi connectivity index (χ4v) is 4.04. The Hall–Kier alpha value is -2.64. The van der Waals surface area contributed by atoms with E-state index in [0.717, 1.165) is 33.4 Å². The van der Waals surface area contributed by atoms with Crippen LogP contribution in [0.25, 0.3) is 28.2 Å². The summed E-state index contributed by atoms with van der Waals surface area (Å²) in [5, 5.41) is 3.48. The van der Waals surface area contributed by atoms with E-state index in [1.54, 1.807) is 18.5 Å². The Kier molecular flexibility index (Phi) is 4.95. The van der Waals surface area contributed by atoms with Gasteiger partial charge in [-0.25, -0.2) is 0 Å². The van der Waals surface area contributed by atoms with Crippen molar-refractivity contribution >= 4 is 51.3 Å². The van der Waals surface area contributed by atoms with Crippen LogP contribution in [-0.4, -0.2) is 21.3 Å². The zero-order chi connectivity index (χ0) is 19.8. The highest BCUT2D eigenvalue weighted by atomic mass is 32.2. The van der Waals surface area contributed by atoms with Gasteiger partial charge in [-0.1, -0.05) is 30.0 Å². The fraction of sp³-hybridized carbons (Fsp3) is 0.190. The highest BCUT2D eigenvalue weighted by molar-refractivity contribution is 8.26. The molecule has 1 fully saturated rings. The molecule has 1 aliphatic heterocycles. The molecule has 0 aliphatic carbocycles. The second-order valence-corrected chi connectivity index (χ2v) is 8.47. The smallest absolute Gasteiger partial charge is 0.263 e. The minimum atomic E-state index is -0.204. The lowest BCUT2D eigenvalue weighted by molar-refractivity contribution is -0.115. The number of thioether (sulfide) groups is 1. The number of hydrogen-bond donors (Lipinski definition) is 1. The minimum absolute atomic E-state index is 0.119. The number of pyridine rings is 1. The number of ether oxygens (including phenoxy) is 1. The Bertz CT molecular complexity index is 1130. The van der Waals surface area contributed by atoms with Crippen molar-refractivity contribution in [3.63, 3.8) is 0 Å². The fourth-order valence-electron chi connectivity index (χ4n) is 3.01. The second kappa shape index (κ2) is 7.41. The molecule has 0 atom stereocenters. The second-order valence-electron chi connectivity index (χ2n) is 6.75. The van der Waals surface area contributed by atoms with Crippen LogP contribution in [0.5, 0.6) is 5.75 Å². The van der Waals surface area contributed by atoms with Crippen molar-refractivity contribution in [2.45, 2.75) is 26.9 Å². The molecule has 1 amide bonds. The Morgan fingerprint density at radius 2 is 2.11 bits per heavy atom. The Morgan fingerprint density at radius 1 is 1.29 bits per heavy atom. The standard InChI is InChI=1S/C21H18N2O3S2/c1-11(2)25-17-5-4-13(6-12(17)3)16-10-22-9-14-7-15(26-19(14)16)8-18-20(24)23-21(27)28-18/h4-11H,1-3H3,(H,23,24,27)/b18-8-. The predicted octanol–water partition coefficient (Wildman–Crippen LogP) is 5.08. The van der Waals surface area contributed by atoms with Gasteiger partial charge in [-0.05, 0) is 50.1 Å². The highest BCUT2D eigenvalue weighted by Crippen LogP contribution is 2.34. The maximum atomic E-state index is 11.9. The largest absolute Gasteiger partial charge is 0.491 e. The van der Waals surface area contributed by atoms with E-state index < -0.39 is 0 Å². The average Bonchev–Trinajstić information content (AvgIpc) is 3.18. The number of rotatable bonds is 4. The van der Waals surface area contributed by atoms with Crippen molar-refractivity contribution in [2.75, 3.05) is 0 Å². The van der Waals surface area contributed by atoms with Gasteiger partial charge in [0.2, 0.25) is 0 Å². The molecule has 3 aromatic rings. The molecule has 7 heteroatoms. The number of furan rings is 1. The van der Waals surface area contributed by atoms with E-state index in [1.165, 1.54) is 11.8 Å². The number of fused-ring (bicyclic) bond motifs is 1. The van der Waals surface area contributed by atoms with E-state index >= 15 is 0 Å². The van der Waals surface area contributed by atoms with E-state index in [9.17, 15) is 4.79 Å². The van der Waals surface area contributed by atoms with Crippen LogP contribution in [0.2, 0.25) is 0 Å². The van der Waals surface area contributed by atoms with E-state index in [0.29, 0.717) is 15.0 Å². The van der Waals surface area contributed by atoms with Crippen LogP contribution in [0.15, 0.2) is 46.0 Å². The summed E-state index contributed by atoms with van der Waals surface area (Å²) >= 11 is 6.26. The zero-order valence-corrected chi connectivity index (χ0v) is 17.2. The maximum Gasteiger partial charge on any atom is 0.263 e. The lowest BCUT2D eigenvalue weighted by Gasteiger charge is -2.13. The molecule has 0 unspecified atom stereocenters.